The minimum absolute atomic E-state index is 0.194. The molecule has 0 saturated heterocycles. The van der Waals surface area contributed by atoms with Crippen molar-refractivity contribution in [3.63, 3.8) is 0 Å². The lowest BCUT2D eigenvalue weighted by molar-refractivity contribution is -0.136. The Morgan fingerprint density at radius 3 is 2.80 bits per heavy atom. The van der Waals surface area contributed by atoms with Crippen LogP contribution >= 0.6 is 0 Å². The number of rotatable bonds is 6. The SMILES string of the molecule is Cn1cc(-c2cc(F)cc(COC3CCCCC3)c2)c(CC(=O)O)n1. The predicted octanol–water partition coefficient (Wildman–Crippen LogP) is 3.70. The second kappa shape index (κ2) is 7.78. The molecule has 1 aliphatic carbocycles. The summed E-state index contributed by atoms with van der Waals surface area (Å²) in [5, 5.41) is 13.2. The average Bonchev–Trinajstić information content (AvgIpc) is 2.93. The number of carboxylic acids is 1. The van der Waals surface area contributed by atoms with Crippen LogP contribution in [0.3, 0.4) is 0 Å². The van der Waals surface area contributed by atoms with Gasteiger partial charge in [-0.15, -0.1) is 0 Å². The molecule has 0 spiro atoms. The zero-order chi connectivity index (χ0) is 17.8. The average molecular weight is 346 g/mol. The van der Waals surface area contributed by atoms with E-state index in [4.69, 9.17) is 9.84 Å². The third-order valence-corrected chi connectivity index (χ3v) is 4.53. The molecule has 2 aromatic rings. The molecule has 0 radical (unpaired) electrons. The first-order valence-electron chi connectivity index (χ1n) is 8.67. The zero-order valence-corrected chi connectivity index (χ0v) is 14.4. The van der Waals surface area contributed by atoms with E-state index in [2.05, 4.69) is 5.10 Å². The van der Waals surface area contributed by atoms with Crippen LogP contribution in [-0.4, -0.2) is 27.0 Å². The highest BCUT2D eigenvalue weighted by molar-refractivity contribution is 5.75. The number of aromatic nitrogens is 2. The van der Waals surface area contributed by atoms with Crippen molar-refractivity contribution in [1.82, 2.24) is 9.78 Å². The summed E-state index contributed by atoms with van der Waals surface area (Å²) < 4.78 is 21.6. The number of hydrogen-bond donors (Lipinski definition) is 1. The van der Waals surface area contributed by atoms with Gasteiger partial charge in [0.2, 0.25) is 0 Å². The van der Waals surface area contributed by atoms with E-state index in [9.17, 15) is 9.18 Å². The van der Waals surface area contributed by atoms with Gasteiger partial charge in [0.05, 0.1) is 24.8 Å². The molecule has 1 saturated carbocycles. The summed E-state index contributed by atoms with van der Waals surface area (Å²) >= 11 is 0. The second-order valence-corrected chi connectivity index (χ2v) is 6.65. The number of carboxylic acid groups (broad SMARTS) is 1. The van der Waals surface area contributed by atoms with Crippen molar-refractivity contribution in [2.45, 2.75) is 51.2 Å². The van der Waals surface area contributed by atoms with Gasteiger partial charge in [-0.2, -0.15) is 5.10 Å². The maximum Gasteiger partial charge on any atom is 0.309 e. The molecule has 0 atom stereocenters. The van der Waals surface area contributed by atoms with Gasteiger partial charge >= 0.3 is 5.97 Å². The number of hydrogen-bond acceptors (Lipinski definition) is 3. The van der Waals surface area contributed by atoms with Gasteiger partial charge in [0, 0.05) is 18.8 Å². The van der Waals surface area contributed by atoms with Crippen LogP contribution < -0.4 is 0 Å². The highest BCUT2D eigenvalue weighted by Crippen LogP contribution is 2.27. The van der Waals surface area contributed by atoms with Gasteiger partial charge in [-0.1, -0.05) is 19.3 Å². The maximum atomic E-state index is 14.1. The lowest BCUT2D eigenvalue weighted by Crippen LogP contribution is -2.16. The number of ether oxygens (including phenoxy) is 1. The number of aliphatic carboxylic acids is 1. The minimum atomic E-state index is -0.961. The number of aryl methyl sites for hydroxylation is 1. The monoisotopic (exact) mass is 346 g/mol. The first-order chi connectivity index (χ1) is 12.0. The lowest BCUT2D eigenvalue weighted by Gasteiger charge is -2.22. The molecule has 0 amide bonds. The molecule has 1 N–H and O–H groups in total. The third kappa shape index (κ3) is 4.66. The Bertz CT molecular complexity index is 751. The van der Waals surface area contributed by atoms with E-state index in [1.54, 1.807) is 17.9 Å². The smallest absolute Gasteiger partial charge is 0.309 e. The number of carbonyl (C=O) groups is 1. The summed E-state index contributed by atoms with van der Waals surface area (Å²) in [5.41, 5.74) is 2.46. The molecule has 25 heavy (non-hydrogen) atoms. The van der Waals surface area contributed by atoms with Crippen molar-refractivity contribution in [2.24, 2.45) is 7.05 Å². The van der Waals surface area contributed by atoms with E-state index in [0.717, 1.165) is 18.4 Å². The molecule has 1 heterocycles. The molecule has 5 nitrogen and oxygen atoms in total. The van der Waals surface area contributed by atoms with Crippen molar-refractivity contribution < 1.29 is 19.0 Å². The number of benzene rings is 1. The summed E-state index contributed by atoms with van der Waals surface area (Å²) in [4.78, 5) is 11.0. The van der Waals surface area contributed by atoms with Crippen LogP contribution in [0, 0.1) is 5.82 Å². The van der Waals surface area contributed by atoms with Crippen LogP contribution in [0.25, 0.3) is 11.1 Å². The zero-order valence-electron chi connectivity index (χ0n) is 14.4. The van der Waals surface area contributed by atoms with Crippen LogP contribution in [-0.2, 0) is 29.6 Å². The molecule has 0 bridgehead atoms. The fraction of sp³-hybridized carbons (Fsp3) is 0.474. The Morgan fingerprint density at radius 2 is 2.08 bits per heavy atom. The van der Waals surface area contributed by atoms with Crippen molar-refractivity contribution in [3.8, 4) is 11.1 Å². The van der Waals surface area contributed by atoms with E-state index in [1.807, 2.05) is 6.07 Å². The fourth-order valence-electron chi connectivity index (χ4n) is 3.38. The number of nitrogens with zero attached hydrogens (tertiary/aromatic N) is 2. The van der Waals surface area contributed by atoms with Gasteiger partial charge in [0.15, 0.2) is 0 Å². The van der Waals surface area contributed by atoms with Crippen LogP contribution in [0.15, 0.2) is 24.4 Å². The summed E-state index contributed by atoms with van der Waals surface area (Å²) in [6.07, 6.45) is 7.54. The summed E-state index contributed by atoms with van der Waals surface area (Å²) in [5.74, 6) is -1.32. The Morgan fingerprint density at radius 1 is 1.32 bits per heavy atom. The molecule has 1 fully saturated rings. The molecule has 0 aliphatic heterocycles. The van der Waals surface area contributed by atoms with E-state index in [0.29, 0.717) is 23.4 Å². The van der Waals surface area contributed by atoms with Gasteiger partial charge in [-0.05, 0) is 42.2 Å². The first kappa shape index (κ1) is 17.6. The molecule has 6 heteroatoms. The topological polar surface area (TPSA) is 64.3 Å². The van der Waals surface area contributed by atoms with Gasteiger partial charge in [-0.3, -0.25) is 9.48 Å². The highest BCUT2D eigenvalue weighted by atomic mass is 19.1. The second-order valence-electron chi connectivity index (χ2n) is 6.65. The molecular formula is C19H23FN2O3. The normalized spacial score (nSPS) is 15.4. The molecule has 3 rings (SSSR count). The summed E-state index contributed by atoms with van der Waals surface area (Å²) in [6.45, 7) is 0.365. The fourth-order valence-corrected chi connectivity index (χ4v) is 3.38. The molecule has 0 unspecified atom stereocenters. The van der Waals surface area contributed by atoms with Crippen molar-refractivity contribution in [3.05, 3.63) is 41.5 Å². The first-order valence-corrected chi connectivity index (χ1v) is 8.67. The van der Waals surface area contributed by atoms with E-state index in [-0.39, 0.29) is 18.3 Å². The Balaban J connectivity index is 1.80. The lowest BCUT2D eigenvalue weighted by atomic mass is 9.97. The van der Waals surface area contributed by atoms with Crippen LogP contribution in [0.5, 0.6) is 0 Å². The molecule has 134 valence electrons. The Labute approximate surface area is 146 Å². The highest BCUT2D eigenvalue weighted by Gasteiger charge is 2.16. The van der Waals surface area contributed by atoms with Gasteiger partial charge in [-0.25, -0.2) is 4.39 Å². The van der Waals surface area contributed by atoms with Crippen molar-refractivity contribution in [1.29, 1.82) is 0 Å². The number of halogens is 1. The van der Waals surface area contributed by atoms with Crippen molar-refractivity contribution >= 4 is 5.97 Å². The van der Waals surface area contributed by atoms with E-state index >= 15 is 0 Å². The largest absolute Gasteiger partial charge is 0.481 e. The standard InChI is InChI=1S/C19H23FN2O3/c1-22-11-17(18(21-22)10-19(23)24)14-7-13(8-15(20)9-14)12-25-16-5-3-2-4-6-16/h7-9,11,16H,2-6,10,12H2,1H3,(H,23,24). The molecule has 1 aliphatic rings. The van der Waals surface area contributed by atoms with Crippen LogP contribution in [0.1, 0.15) is 43.4 Å². The van der Waals surface area contributed by atoms with Gasteiger partial charge in [0.1, 0.15) is 5.82 Å². The minimum Gasteiger partial charge on any atom is -0.481 e. The predicted molar refractivity (Wildman–Crippen MR) is 91.6 cm³/mol. The summed E-state index contributed by atoms with van der Waals surface area (Å²) in [7, 11) is 1.72. The Hall–Kier alpha value is -2.21. The van der Waals surface area contributed by atoms with Gasteiger partial charge in [0.25, 0.3) is 0 Å². The van der Waals surface area contributed by atoms with E-state index < -0.39 is 5.97 Å². The quantitative estimate of drug-likeness (QED) is 0.866. The van der Waals surface area contributed by atoms with Gasteiger partial charge < -0.3 is 9.84 Å². The molecule has 1 aromatic carbocycles. The van der Waals surface area contributed by atoms with Crippen LogP contribution in [0.2, 0.25) is 0 Å². The van der Waals surface area contributed by atoms with Crippen molar-refractivity contribution in [2.75, 3.05) is 0 Å². The maximum absolute atomic E-state index is 14.1. The van der Waals surface area contributed by atoms with Crippen LogP contribution in [0.4, 0.5) is 4.39 Å². The Kier molecular flexibility index (Phi) is 5.48. The molecular weight excluding hydrogens is 323 g/mol. The molecule has 1 aromatic heterocycles. The summed E-state index contributed by atoms with van der Waals surface area (Å²) in [6, 6.07) is 4.74. The van der Waals surface area contributed by atoms with E-state index in [1.165, 1.54) is 31.4 Å². The third-order valence-electron chi connectivity index (χ3n) is 4.53.